The maximum absolute atomic E-state index is 13.1. The summed E-state index contributed by atoms with van der Waals surface area (Å²) >= 11 is 0. The van der Waals surface area contributed by atoms with Crippen LogP contribution in [0.1, 0.15) is 53.7 Å². The molecular formula is C23H26N2O4S. The van der Waals surface area contributed by atoms with E-state index in [4.69, 9.17) is 0 Å². The summed E-state index contributed by atoms with van der Waals surface area (Å²) in [6, 6.07) is 13.7. The highest BCUT2D eigenvalue weighted by Crippen LogP contribution is 2.36. The normalized spacial score (nSPS) is 15.6. The van der Waals surface area contributed by atoms with Gasteiger partial charge in [0.25, 0.3) is 21.8 Å². The van der Waals surface area contributed by atoms with E-state index in [1.54, 1.807) is 43.3 Å². The van der Waals surface area contributed by atoms with Crippen molar-refractivity contribution in [3.63, 3.8) is 0 Å². The summed E-state index contributed by atoms with van der Waals surface area (Å²) in [6.07, 6.45) is 1.91. The number of carbonyl (C=O) groups excluding carboxylic acids is 2. The molecule has 1 aliphatic rings. The molecule has 0 bridgehead atoms. The third-order valence-electron chi connectivity index (χ3n) is 5.11. The van der Waals surface area contributed by atoms with Crippen LogP contribution >= 0.6 is 0 Å². The largest absolute Gasteiger partial charge is 0.352 e. The highest BCUT2D eigenvalue weighted by Gasteiger charge is 2.42. The van der Waals surface area contributed by atoms with Crippen LogP contribution in [0.5, 0.6) is 0 Å². The van der Waals surface area contributed by atoms with Crippen molar-refractivity contribution in [2.24, 2.45) is 0 Å². The van der Waals surface area contributed by atoms with E-state index in [2.05, 4.69) is 12.2 Å². The van der Waals surface area contributed by atoms with Crippen molar-refractivity contribution < 1.29 is 18.0 Å². The Hall–Kier alpha value is -2.93. The van der Waals surface area contributed by atoms with Gasteiger partial charge in [-0.3, -0.25) is 9.59 Å². The number of amides is 2. The van der Waals surface area contributed by atoms with Crippen LogP contribution in [0.25, 0.3) is 4.91 Å². The van der Waals surface area contributed by atoms with Crippen LogP contribution < -0.4 is 5.32 Å². The fourth-order valence-electron chi connectivity index (χ4n) is 3.33. The molecular weight excluding hydrogens is 400 g/mol. The Bertz CT molecular complexity index is 1090. The van der Waals surface area contributed by atoms with E-state index in [0.29, 0.717) is 23.2 Å². The molecule has 0 unspecified atom stereocenters. The zero-order valence-corrected chi connectivity index (χ0v) is 18.3. The lowest BCUT2D eigenvalue weighted by Crippen LogP contribution is -2.31. The maximum atomic E-state index is 13.1. The van der Waals surface area contributed by atoms with Gasteiger partial charge in [-0.2, -0.15) is 0 Å². The molecule has 6 nitrogen and oxygen atoms in total. The topological polar surface area (TPSA) is 83.6 Å². The lowest BCUT2D eigenvalue weighted by atomic mass is 10.1. The quantitative estimate of drug-likeness (QED) is 0.686. The molecule has 0 aromatic heterocycles. The van der Waals surface area contributed by atoms with Crippen LogP contribution in [-0.2, 0) is 21.4 Å². The second-order valence-corrected chi connectivity index (χ2v) is 9.24. The van der Waals surface area contributed by atoms with E-state index in [1.165, 1.54) is 0 Å². The van der Waals surface area contributed by atoms with Gasteiger partial charge in [-0.25, -0.2) is 12.7 Å². The van der Waals surface area contributed by atoms with Crippen LogP contribution in [0.2, 0.25) is 0 Å². The van der Waals surface area contributed by atoms with E-state index in [9.17, 15) is 18.0 Å². The number of sulfonamides is 1. The van der Waals surface area contributed by atoms with Crippen molar-refractivity contribution in [1.82, 2.24) is 9.62 Å². The van der Waals surface area contributed by atoms with Crippen LogP contribution in [-0.4, -0.2) is 31.1 Å². The van der Waals surface area contributed by atoms with Gasteiger partial charge in [0.1, 0.15) is 4.91 Å². The van der Waals surface area contributed by atoms with Crippen molar-refractivity contribution in [3.05, 3.63) is 76.4 Å². The first-order valence-corrected chi connectivity index (χ1v) is 11.4. The lowest BCUT2D eigenvalue weighted by molar-refractivity contribution is -0.122. The average molecular weight is 427 g/mol. The number of nitrogens with one attached hydrogen (secondary N) is 1. The van der Waals surface area contributed by atoms with Gasteiger partial charge in [0.05, 0.1) is 6.54 Å². The van der Waals surface area contributed by atoms with Gasteiger partial charge in [-0.15, -0.1) is 0 Å². The van der Waals surface area contributed by atoms with Gasteiger partial charge in [-0.05, 0) is 43.5 Å². The Morgan fingerprint density at radius 3 is 2.23 bits per heavy atom. The fourth-order valence-corrected chi connectivity index (χ4v) is 5.14. The monoisotopic (exact) mass is 426 g/mol. The minimum Gasteiger partial charge on any atom is -0.352 e. The second kappa shape index (κ2) is 8.83. The average Bonchev–Trinajstić information content (AvgIpc) is 2.89. The first-order valence-electron chi connectivity index (χ1n) is 9.98. The zero-order valence-electron chi connectivity index (χ0n) is 17.4. The summed E-state index contributed by atoms with van der Waals surface area (Å²) in [5, 5.41) is 2.84. The summed E-state index contributed by atoms with van der Waals surface area (Å²) in [5.74, 6) is -0.689. The van der Waals surface area contributed by atoms with E-state index >= 15 is 0 Å². The minimum atomic E-state index is -3.95. The number of carbonyl (C=O) groups is 2. The molecule has 0 radical (unpaired) electrons. The maximum Gasteiger partial charge on any atom is 0.268 e. The molecule has 1 N–H and O–H groups in total. The molecule has 0 saturated carbocycles. The SMILES string of the molecule is CCCCNC(=O)c1ccc(CN2C(=O)C(C)=C(c3ccc(C)cc3)S2(=O)=O)cc1. The molecule has 0 spiro atoms. The third kappa shape index (κ3) is 4.31. The summed E-state index contributed by atoms with van der Waals surface area (Å²) < 4.78 is 27.1. The summed E-state index contributed by atoms with van der Waals surface area (Å²) in [6.45, 7) is 6.05. The Balaban J connectivity index is 1.78. The van der Waals surface area contributed by atoms with Crippen LogP contribution in [0.4, 0.5) is 0 Å². The molecule has 2 aromatic carbocycles. The highest BCUT2D eigenvalue weighted by molar-refractivity contribution is 7.99. The molecule has 0 atom stereocenters. The van der Waals surface area contributed by atoms with Gasteiger partial charge in [0.15, 0.2) is 0 Å². The van der Waals surface area contributed by atoms with Gasteiger partial charge >= 0.3 is 0 Å². The molecule has 158 valence electrons. The Kier molecular flexibility index (Phi) is 6.41. The molecule has 0 aliphatic carbocycles. The van der Waals surface area contributed by atoms with Crippen LogP contribution in [0.15, 0.2) is 54.1 Å². The van der Waals surface area contributed by atoms with Crippen LogP contribution in [0, 0.1) is 6.92 Å². The summed E-state index contributed by atoms with van der Waals surface area (Å²) in [7, 11) is -3.95. The van der Waals surface area contributed by atoms with Crippen molar-refractivity contribution in [2.45, 2.75) is 40.2 Å². The Labute approximate surface area is 177 Å². The van der Waals surface area contributed by atoms with E-state index < -0.39 is 15.9 Å². The molecule has 3 rings (SSSR count). The molecule has 2 amide bonds. The number of hydrogen-bond donors (Lipinski definition) is 1. The predicted octanol–water partition coefficient (Wildman–Crippen LogP) is 3.63. The van der Waals surface area contributed by atoms with Crippen molar-refractivity contribution in [2.75, 3.05) is 6.54 Å². The Morgan fingerprint density at radius 1 is 1.00 bits per heavy atom. The second-order valence-electron chi connectivity index (χ2n) is 7.44. The summed E-state index contributed by atoms with van der Waals surface area (Å²) in [4.78, 5) is 24.9. The van der Waals surface area contributed by atoms with Gasteiger partial charge in [0, 0.05) is 17.7 Å². The third-order valence-corrected chi connectivity index (χ3v) is 7.04. The first kappa shape index (κ1) is 21.8. The zero-order chi connectivity index (χ0) is 21.9. The fraction of sp³-hybridized carbons (Fsp3) is 0.304. The highest BCUT2D eigenvalue weighted by atomic mass is 32.2. The number of nitrogens with zero attached hydrogens (tertiary/aromatic N) is 1. The molecule has 30 heavy (non-hydrogen) atoms. The van der Waals surface area contributed by atoms with Gasteiger partial charge < -0.3 is 5.32 Å². The number of hydrogen-bond acceptors (Lipinski definition) is 4. The first-order chi connectivity index (χ1) is 14.3. The minimum absolute atomic E-state index is 0.0550. The van der Waals surface area contributed by atoms with Gasteiger partial charge in [-0.1, -0.05) is 55.3 Å². The smallest absolute Gasteiger partial charge is 0.268 e. The predicted molar refractivity (Wildman–Crippen MR) is 117 cm³/mol. The lowest BCUT2D eigenvalue weighted by Gasteiger charge is -2.17. The standard InChI is InChI=1S/C23H26N2O4S/c1-4-5-14-24-22(26)20-12-8-18(9-13-20)15-25-23(27)17(3)21(30(25,28)29)19-10-6-16(2)7-11-19/h6-13H,4-5,14-15H2,1-3H3,(H,24,26). The number of rotatable bonds is 7. The van der Waals surface area contributed by atoms with E-state index in [-0.39, 0.29) is 22.9 Å². The summed E-state index contributed by atoms with van der Waals surface area (Å²) in [5.41, 5.74) is 2.86. The molecule has 0 fully saturated rings. The molecule has 1 aliphatic heterocycles. The molecule has 7 heteroatoms. The molecule has 2 aromatic rings. The van der Waals surface area contributed by atoms with E-state index in [0.717, 1.165) is 22.7 Å². The van der Waals surface area contributed by atoms with Gasteiger partial charge in [0.2, 0.25) is 0 Å². The number of aryl methyl sites for hydroxylation is 1. The van der Waals surface area contributed by atoms with Crippen molar-refractivity contribution in [1.29, 1.82) is 0 Å². The van der Waals surface area contributed by atoms with Crippen molar-refractivity contribution in [3.8, 4) is 0 Å². The molecule has 0 saturated heterocycles. The molecule has 1 heterocycles. The van der Waals surface area contributed by atoms with E-state index in [1.807, 2.05) is 19.1 Å². The van der Waals surface area contributed by atoms with Crippen LogP contribution in [0.3, 0.4) is 0 Å². The number of unbranched alkanes of at least 4 members (excludes halogenated alkanes) is 1. The number of benzene rings is 2. The van der Waals surface area contributed by atoms with Crippen molar-refractivity contribution >= 4 is 26.7 Å². The Morgan fingerprint density at radius 2 is 1.63 bits per heavy atom.